The lowest BCUT2D eigenvalue weighted by molar-refractivity contribution is 0.0657. The number of amides is 4. The molecule has 0 saturated heterocycles. The molecule has 0 radical (unpaired) electrons. The van der Waals surface area contributed by atoms with Crippen LogP contribution in [0.15, 0.2) is 66.0 Å². The van der Waals surface area contributed by atoms with E-state index in [9.17, 15) is 14.4 Å². The molecule has 1 aliphatic heterocycles. The molecular formula is C35H42N6O3S. The highest BCUT2D eigenvalue weighted by Gasteiger charge is 2.30. The lowest BCUT2D eigenvalue weighted by Gasteiger charge is -2.35. The average Bonchev–Trinajstić information content (AvgIpc) is 3.69. The van der Waals surface area contributed by atoms with E-state index in [1.165, 1.54) is 16.9 Å². The number of carbonyl (C=O) groups excluding carboxylic acids is 3. The first kappa shape index (κ1) is 32.0. The SMILES string of the molecule is CCCCN(CCCC)C(=O)c1cc(C)n(-c2ccc(NC(=O)Nc3cccs3)cc2C(=O)N2Cc3ccccc3CC2C)n1. The van der Waals surface area contributed by atoms with Gasteiger partial charge in [0, 0.05) is 37.1 Å². The fourth-order valence-electron chi connectivity index (χ4n) is 5.70. The molecule has 0 spiro atoms. The summed E-state index contributed by atoms with van der Waals surface area (Å²) in [6, 6.07) is 18.5. The maximum Gasteiger partial charge on any atom is 0.324 e. The molecule has 0 fully saturated rings. The van der Waals surface area contributed by atoms with Crippen LogP contribution >= 0.6 is 11.3 Å². The Kier molecular flexibility index (Phi) is 10.3. The van der Waals surface area contributed by atoms with Gasteiger partial charge in [-0.15, -0.1) is 11.3 Å². The number of aromatic nitrogens is 2. The zero-order valence-electron chi connectivity index (χ0n) is 26.5. The van der Waals surface area contributed by atoms with Crippen LogP contribution in [0.25, 0.3) is 5.69 Å². The zero-order valence-corrected chi connectivity index (χ0v) is 27.3. The van der Waals surface area contributed by atoms with Gasteiger partial charge in [0.25, 0.3) is 11.8 Å². The Balaban J connectivity index is 1.50. The van der Waals surface area contributed by atoms with Gasteiger partial charge in [-0.3, -0.25) is 14.9 Å². The Morgan fingerprint density at radius 3 is 2.38 bits per heavy atom. The second-order valence-corrected chi connectivity index (χ2v) is 12.6. The van der Waals surface area contributed by atoms with E-state index in [1.807, 2.05) is 46.4 Å². The fourth-order valence-corrected chi connectivity index (χ4v) is 6.31. The Morgan fingerprint density at radius 2 is 1.69 bits per heavy atom. The number of carbonyl (C=O) groups is 3. The second kappa shape index (κ2) is 14.6. The number of nitrogens with zero attached hydrogens (tertiary/aromatic N) is 4. The van der Waals surface area contributed by atoms with Gasteiger partial charge in [-0.25, -0.2) is 9.48 Å². The molecule has 2 aromatic carbocycles. The number of aryl methyl sites for hydroxylation is 1. The topological polar surface area (TPSA) is 99.6 Å². The normalized spacial score (nSPS) is 14.1. The molecule has 4 amide bonds. The van der Waals surface area contributed by atoms with E-state index in [0.29, 0.717) is 42.3 Å². The van der Waals surface area contributed by atoms with Crippen molar-refractivity contribution in [3.8, 4) is 5.69 Å². The highest BCUT2D eigenvalue weighted by molar-refractivity contribution is 7.14. The molecule has 2 N–H and O–H groups in total. The van der Waals surface area contributed by atoms with Gasteiger partial charge >= 0.3 is 6.03 Å². The number of rotatable bonds is 11. The summed E-state index contributed by atoms with van der Waals surface area (Å²) in [6.07, 6.45) is 4.61. The highest BCUT2D eigenvalue weighted by Crippen LogP contribution is 2.29. The lowest BCUT2D eigenvalue weighted by atomic mass is 9.94. The van der Waals surface area contributed by atoms with Crippen molar-refractivity contribution in [3.63, 3.8) is 0 Å². The molecule has 0 bridgehead atoms. The van der Waals surface area contributed by atoms with E-state index >= 15 is 0 Å². The van der Waals surface area contributed by atoms with Crippen molar-refractivity contribution in [2.24, 2.45) is 0 Å². The smallest absolute Gasteiger partial charge is 0.324 e. The highest BCUT2D eigenvalue weighted by atomic mass is 32.1. The molecule has 4 aromatic rings. The zero-order chi connectivity index (χ0) is 31.9. The Hall–Kier alpha value is -4.44. The number of urea groups is 1. The van der Waals surface area contributed by atoms with Crippen LogP contribution in [0.3, 0.4) is 0 Å². The fraction of sp³-hybridized carbons (Fsp3) is 0.371. The minimum atomic E-state index is -0.397. The molecule has 1 atom stereocenters. The standard InChI is InChI=1S/C35H42N6O3S/c1-5-7-17-39(18-8-6-2)34(43)30-21-25(4)41(38-30)31-16-15-28(36-35(44)37-32-14-11-19-45-32)22-29(31)33(42)40-23-27-13-10-9-12-26(27)20-24(40)3/h9-16,19,21-22,24H,5-8,17-18,20,23H2,1-4H3,(H2,36,37,44). The monoisotopic (exact) mass is 626 g/mol. The van der Waals surface area contributed by atoms with Gasteiger partial charge in [0.1, 0.15) is 0 Å². The van der Waals surface area contributed by atoms with Crippen LogP contribution in [0, 0.1) is 6.92 Å². The molecule has 1 unspecified atom stereocenters. The van der Waals surface area contributed by atoms with Crippen molar-refractivity contribution >= 4 is 39.9 Å². The third kappa shape index (κ3) is 7.45. The Morgan fingerprint density at radius 1 is 0.956 bits per heavy atom. The predicted molar refractivity (Wildman–Crippen MR) is 180 cm³/mol. The van der Waals surface area contributed by atoms with Crippen LogP contribution in [0.4, 0.5) is 15.5 Å². The van der Waals surface area contributed by atoms with Gasteiger partial charge in [0.05, 0.1) is 16.3 Å². The molecule has 10 heteroatoms. The van der Waals surface area contributed by atoms with Crippen LogP contribution in [0.5, 0.6) is 0 Å². The number of hydrogen-bond acceptors (Lipinski definition) is 5. The van der Waals surface area contributed by atoms with E-state index in [1.54, 1.807) is 28.9 Å². The summed E-state index contributed by atoms with van der Waals surface area (Å²) in [5, 5.41) is 13.1. The Labute approximate surface area is 269 Å². The van der Waals surface area contributed by atoms with Crippen molar-refractivity contribution in [2.45, 2.75) is 72.4 Å². The van der Waals surface area contributed by atoms with Gasteiger partial charge < -0.3 is 15.1 Å². The van der Waals surface area contributed by atoms with Crippen molar-refractivity contribution in [1.29, 1.82) is 0 Å². The van der Waals surface area contributed by atoms with Gasteiger partial charge in [0.15, 0.2) is 5.69 Å². The third-order valence-electron chi connectivity index (χ3n) is 8.20. The first-order chi connectivity index (χ1) is 21.8. The quantitative estimate of drug-likeness (QED) is 0.180. The number of anilines is 2. The van der Waals surface area contributed by atoms with Gasteiger partial charge in [-0.2, -0.15) is 5.10 Å². The van der Waals surface area contributed by atoms with Crippen LogP contribution in [-0.4, -0.2) is 56.6 Å². The van der Waals surface area contributed by atoms with E-state index in [4.69, 9.17) is 5.10 Å². The molecule has 0 aliphatic carbocycles. The van der Waals surface area contributed by atoms with Gasteiger partial charge in [-0.05, 0) is 86.0 Å². The largest absolute Gasteiger partial charge is 0.337 e. The minimum Gasteiger partial charge on any atom is -0.337 e. The van der Waals surface area contributed by atoms with E-state index in [2.05, 4.69) is 43.5 Å². The summed E-state index contributed by atoms with van der Waals surface area (Å²) >= 11 is 1.42. The van der Waals surface area contributed by atoms with Crippen molar-refractivity contribution < 1.29 is 14.4 Å². The molecule has 236 valence electrons. The molecule has 2 aromatic heterocycles. The first-order valence-corrected chi connectivity index (χ1v) is 16.7. The average molecular weight is 627 g/mol. The van der Waals surface area contributed by atoms with E-state index < -0.39 is 6.03 Å². The molecule has 0 saturated carbocycles. The number of unbranched alkanes of at least 4 members (excludes halogenated alkanes) is 2. The van der Waals surface area contributed by atoms with E-state index in [-0.39, 0.29) is 17.9 Å². The summed E-state index contributed by atoms with van der Waals surface area (Å²) in [5.41, 5.74) is 4.90. The van der Waals surface area contributed by atoms with Crippen LogP contribution < -0.4 is 10.6 Å². The Bertz CT molecular complexity index is 1640. The minimum absolute atomic E-state index is 0.0273. The summed E-state index contributed by atoms with van der Waals surface area (Å²) in [6.45, 7) is 10.0. The molecule has 9 nitrogen and oxygen atoms in total. The van der Waals surface area contributed by atoms with Crippen LogP contribution in [0.1, 0.15) is 84.1 Å². The van der Waals surface area contributed by atoms with Gasteiger partial charge in [-0.1, -0.05) is 51.0 Å². The molecule has 1 aliphatic rings. The predicted octanol–water partition coefficient (Wildman–Crippen LogP) is 7.52. The lowest BCUT2D eigenvalue weighted by Crippen LogP contribution is -2.43. The summed E-state index contributed by atoms with van der Waals surface area (Å²) in [5.74, 6) is -0.263. The number of thiophene rings is 1. The van der Waals surface area contributed by atoms with Crippen LogP contribution in [0.2, 0.25) is 0 Å². The molecular weight excluding hydrogens is 584 g/mol. The van der Waals surface area contributed by atoms with Crippen molar-refractivity contribution in [2.75, 3.05) is 23.7 Å². The maximum atomic E-state index is 14.4. The molecule has 3 heterocycles. The second-order valence-electron chi connectivity index (χ2n) is 11.6. The number of hydrogen-bond donors (Lipinski definition) is 2. The van der Waals surface area contributed by atoms with Crippen LogP contribution in [-0.2, 0) is 13.0 Å². The third-order valence-corrected chi connectivity index (χ3v) is 8.98. The maximum absolute atomic E-state index is 14.4. The summed E-state index contributed by atoms with van der Waals surface area (Å²) in [7, 11) is 0. The number of benzene rings is 2. The number of fused-ring (bicyclic) bond motifs is 1. The molecule has 45 heavy (non-hydrogen) atoms. The van der Waals surface area contributed by atoms with Crippen molar-refractivity contribution in [1.82, 2.24) is 19.6 Å². The van der Waals surface area contributed by atoms with Gasteiger partial charge in [0.2, 0.25) is 0 Å². The summed E-state index contributed by atoms with van der Waals surface area (Å²) in [4.78, 5) is 44.5. The number of nitrogens with one attached hydrogen (secondary N) is 2. The first-order valence-electron chi connectivity index (χ1n) is 15.8. The van der Waals surface area contributed by atoms with Crippen molar-refractivity contribution in [3.05, 3.63) is 94.1 Å². The molecule has 5 rings (SSSR count). The summed E-state index contributed by atoms with van der Waals surface area (Å²) < 4.78 is 1.68. The van der Waals surface area contributed by atoms with E-state index in [0.717, 1.165) is 48.4 Å².